The van der Waals surface area contributed by atoms with Crippen LogP contribution >= 0.6 is 0 Å². The van der Waals surface area contributed by atoms with Crippen LogP contribution in [0.4, 0.5) is 0 Å². The summed E-state index contributed by atoms with van der Waals surface area (Å²) >= 11 is 0. The molecule has 96 valence electrons. The van der Waals surface area contributed by atoms with Gasteiger partial charge < -0.3 is 9.69 Å². The van der Waals surface area contributed by atoms with Gasteiger partial charge in [-0.3, -0.25) is 9.69 Å². The molecule has 0 aromatic heterocycles. The van der Waals surface area contributed by atoms with Crippen LogP contribution in [0.15, 0.2) is 0 Å². The highest BCUT2D eigenvalue weighted by molar-refractivity contribution is 5.78. The molecule has 0 aromatic carbocycles. The first-order valence-corrected chi connectivity index (χ1v) is 6.75. The lowest BCUT2D eigenvalue weighted by atomic mass is 10.00. The predicted molar refractivity (Wildman–Crippen MR) is 65.7 cm³/mol. The van der Waals surface area contributed by atoms with Crippen LogP contribution in [-0.2, 0) is 9.59 Å². The summed E-state index contributed by atoms with van der Waals surface area (Å²) in [6, 6.07) is 0. The minimum absolute atomic E-state index is 0.137. The number of aldehydes is 1. The molecule has 1 unspecified atom stereocenters. The molecule has 0 aliphatic carbocycles. The van der Waals surface area contributed by atoms with Crippen LogP contribution in [0.5, 0.6) is 0 Å². The molecule has 1 amide bonds. The largest absolute Gasteiger partial charge is 0.342 e. The van der Waals surface area contributed by atoms with Gasteiger partial charge in [-0.2, -0.15) is 0 Å². The van der Waals surface area contributed by atoms with Gasteiger partial charge in [0.25, 0.3) is 0 Å². The minimum atomic E-state index is 0.137. The van der Waals surface area contributed by atoms with E-state index in [0.29, 0.717) is 6.54 Å². The molecule has 17 heavy (non-hydrogen) atoms. The van der Waals surface area contributed by atoms with Crippen LogP contribution in [0.1, 0.15) is 32.1 Å². The third kappa shape index (κ3) is 3.53. The molecule has 1 atom stereocenters. The molecule has 2 aliphatic rings. The Morgan fingerprint density at radius 1 is 1.12 bits per heavy atom. The quantitative estimate of drug-likeness (QED) is 0.686. The second-order valence-electron chi connectivity index (χ2n) is 5.21. The van der Waals surface area contributed by atoms with Crippen LogP contribution in [0.25, 0.3) is 0 Å². The maximum atomic E-state index is 12.1. The van der Waals surface area contributed by atoms with Crippen LogP contribution in [0.2, 0.25) is 0 Å². The van der Waals surface area contributed by atoms with Crippen LogP contribution in [0, 0.1) is 5.92 Å². The highest BCUT2D eigenvalue weighted by Crippen LogP contribution is 2.15. The van der Waals surface area contributed by atoms with Crippen LogP contribution in [0.3, 0.4) is 0 Å². The van der Waals surface area contributed by atoms with Crippen LogP contribution in [-0.4, -0.2) is 54.7 Å². The van der Waals surface area contributed by atoms with E-state index in [1.54, 1.807) is 0 Å². The van der Waals surface area contributed by atoms with E-state index >= 15 is 0 Å². The van der Waals surface area contributed by atoms with Gasteiger partial charge in [0.2, 0.25) is 5.91 Å². The molecule has 2 fully saturated rings. The van der Waals surface area contributed by atoms with E-state index in [9.17, 15) is 9.59 Å². The molecule has 0 bridgehead atoms. The Morgan fingerprint density at radius 3 is 2.59 bits per heavy atom. The number of hydrogen-bond acceptors (Lipinski definition) is 3. The monoisotopic (exact) mass is 238 g/mol. The smallest absolute Gasteiger partial charge is 0.236 e. The first-order valence-electron chi connectivity index (χ1n) is 6.75. The highest BCUT2D eigenvalue weighted by Gasteiger charge is 2.23. The SMILES string of the molecule is O=CC1CCCN(CC(=O)N2CCCCC2)C1. The summed E-state index contributed by atoms with van der Waals surface area (Å²) in [5.41, 5.74) is 0. The third-order valence-corrected chi connectivity index (χ3v) is 3.80. The third-order valence-electron chi connectivity index (χ3n) is 3.80. The Labute approximate surface area is 103 Å². The molecule has 0 saturated carbocycles. The molecule has 2 heterocycles. The Morgan fingerprint density at radius 2 is 1.88 bits per heavy atom. The number of nitrogens with zero attached hydrogens (tertiary/aromatic N) is 2. The number of amides is 1. The number of carbonyl (C=O) groups excluding carboxylic acids is 2. The van der Waals surface area contributed by atoms with Crippen molar-refractivity contribution in [2.24, 2.45) is 5.92 Å². The molecule has 4 heteroatoms. The minimum Gasteiger partial charge on any atom is -0.342 e. The fraction of sp³-hybridized carbons (Fsp3) is 0.846. The van der Waals surface area contributed by atoms with Crippen molar-refractivity contribution in [1.82, 2.24) is 9.80 Å². The van der Waals surface area contributed by atoms with E-state index in [1.807, 2.05) is 4.90 Å². The van der Waals surface area contributed by atoms with Gasteiger partial charge in [-0.05, 0) is 38.6 Å². The van der Waals surface area contributed by atoms with Gasteiger partial charge in [0.15, 0.2) is 0 Å². The van der Waals surface area contributed by atoms with Gasteiger partial charge in [0, 0.05) is 25.6 Å². The number of carbonyl (C=O) groups is 2. The van der Waals surface area contributed by atoms with Crippen molar-refractivity contribution in [3.8, 4) is 0 Å². The molecule has 2 saturated heterocycles. The van der Waals surface area contributed by atoms with Gasteiger partial charge in [-0.15, -0.1) is 0 Å². The van der Waals surface area contributed by atoms with Crippen molar-refractivity contribution in [1.29, 1.82) is 0 Å². The Kier molecular flexibility index (Phi) is 4.54. The topological polar surface area (TPSA) is 40.6 Å². The number of likely N-dealkylation sites (tertiary alicyclic amines) is 2. The fourth-order valence-corrected chi connectivity index (χ4v) is 2.78. The zero-order valence-corrected chi connectivity index (χ0v) is 10.4. The second-order valence-corrected chi connectivity index (χ2v) is 5.21. The standard InChI is InChI=1S/C13H22N2O2/c16-11-12-5-4-6-14(9-12)10-13(17)15-7-2-1-3-8-15/h11-12H,1-10H2. The summed E-state index contributed by atoms with van der Waals surface area (Å²) in [4.78, 5) is 26.9. The van der Waals surface area contributed by atoms with Gasteiger partial charge in [-0.25, -0.2) is 0 Å². The summed E-state index contributed by atoms with van der Waals surface area (Å²) in [7, 11) is 0. The Bertz CT molecular complexity index is 275. The van der Waals surface area contributed by atoms with Gasteiger partial charge in [0.1, 0.15) is 6.29 Å². The van der Waals surface area contributed by atoms with Crippen molar-refractivity contribution in [2.45, 2.75) is 32.1 Å². The van der Waals surface area contributed by atoms with E-state index in [2.05, 4.69) is 4.90 Å². The summed E-state index contributed by atoms with van der Waals surface area (Å²) in [5, 5.41) is 0. The van der Waals surface area contributed by atoms with Gasteiger partial charge in [-0.1, -0.05) is 0 Å². The summed E-state index contributed by atoms with van der Waals surface area (Å²) < 4.78 is 0. The number of rotatable bonds is 3. The maximum Gasteiger partial charge on any atom is 0.236 e. The number of hydrogen-bond donors (Lipinski definition) is 0. The Hall–Kier alpha value is -0.900. The van der Waals surface area contributed by atoms with E-state index < -0.39 is 0 Å². The lowest BCUT2D eigenvalue weighted by molar-refractivity contribution is -0.134. The zero-order chi connectivity index (χ0) is 12.1. The lowest BCUT2D eigenvalue weighted by Crippen LogP contribution is -2.45. The molecule has 0 radical (unpaired) electrons. The van der Waals surface area contributed by atoms with Gasteiger partial charge in [0.05, 0.1) is 6.54 Å². The maximum absolute atomic E-state index is 12.1. The van der Waals surface area contributed by atoms with E-state index in [-0.39, 0.29) is 11.8 Å². The van der Waals surface area contributed by atoms with Crippen molar-refractivity contribution < 1.29 is 9.59 Å². The molecular formula is C13H22N2O2. The van der Waals surface area contributed by atoms with Crippen LogP contribution < -0.4 is 0 Å². The lowest BCUT2D eigenvalue weighted by Gasteiger charge is -2.33. The predicted octanol–water partition coefficient (Wildman–Crippen LogP) is 0.910. The first-order chi connectivity index (χ1) is 8.29. The molecule has 0 aromatic rings. The molecule has 2 rings (SSSR count). The first kappa shape index (κ1) is 12.6. The Balaban J connectivity index is 1.78. The summed E-state index contributed by atoms with van der Waals surface area (Å²) in [6.45, 7) is 4.07. The van der Waals surface area contributed by atoms with E-state index in [0.717, 1.165) is 58.1 Å². The van der Waals surface area contributed by atoms with Crippen molar-refractivity contribution in [3.63, 3.8) is 0 Å². The highest BCUT2D eigenvalue weighted by atomic mass is 16.2. The molecule has 0 N–H and O–H groups in total. The molecule has 0 spiro atoms. The van der Waals surface area contributed by atoms with E-state index in [1.165, 1.54) is 6.42 Å². The summed E-state index contributed by atoms with van der Waals surface area (Å²) in [6.07, 6.45) is 6.60. The molecule has 4 nitrogen and oxygen atoms in total. The number of piperidine rings is 2. The normalized spacial score (nSPS) is 26.8. The average molecular weight is 238 g/mol. The van der Waals surface area contributed by atoms with Crippen molar-refractivity contribution in [2.75, 3.05) is 32.7 Å². The second kappa shape index (κ2) is 6.15. The average Bonchev–Trinajstić information content (AvgIpc) is 2.40. The molecular weight excluding hydrogens is 216 g/mol. The van der Waals surface area contributed by atoms with Crippen molar-refractivity contribution in [3.05, 3.63) is 0 Å². The van der Waals surface area contributed by atoms with E-state index in [4.69, 9.17) is 0 Å². The zero-order valence-electron chi connectivity index (χ0n) is 10.4. The van der Waals surface area contributed by atoms with Gasteiger partial charge >= 0.3 is 0 Å². The molecule has 2 aliphatic heterocycles. The summed E-state index contributed by atoms with van der Waals surface area (Å²) in [5.74, 6) is 0.383. The van der Waals surface area contributed by atoms with Crippen molar-refractivity contribution >= 4 is 12.2 Å². The fourth-order valence-electron chi connectivity index (χ4n) is 2.78.